The van der Waals surface area contributed by atoms with Gasteiger partial charge >= 0.3 is 135 Å². The topological polar surface area (TPSA) is 912 Å². The van der Waals surface area contributed by atoms with Gasteiger partial charge in [-0.25, -0.2) is 54.4 Å². The molecule has 0 bridgehead atoms. The Hall–Kier alpha value is -2.01. The van der Waals surface area contributed by atoms with E-state index < -0.39 is 284 Å². The minimum atomic E-state index is -6.86. The molecule has 0 aliphatic carbocycles. The van der Waals surface area contributed by atoms with E-state index in [4.69, 9.17) is 33.2 Å². The van der Waals surface area contributed by atoms with E-state index in [9.17, 15) is 174 Å². The van der Waals surface area contributed by atoms with Crippen LogP contribution >= 0.6 is 0 Å². The Kier molecular flexibility index (Phi) is 28.6. The highest BCUT2D eigenvalue weighted by atomic mass is 32.3. The summed E-state index contributed by atoms with van der Waals surface area (Å²) in [5.41, 5.74) is 0. The van der Waals surface area contributed by atoms with Gasteiger partial charge in [0.1, 0.15) is 73.2 Å². The standard InChI is InChI=1S/C24H42O60S13/c25-21-17(81-94(53,54)55)13(9(76-89(38,39)40)5(69-21)1-65-85(26,27)28)73-22-18(82-95(56,57)58)14(10(77-90(41,42)43)6(70-22)2-66-86(29,30)31)74-23-19(83-96(59,60)61)15(11(78-91(44,45)46)7(71-23)3-67-87(32,33)34)75-24-20(84-97(62,63)64)16(80-93(50,51)52)12(79-92(47,48)49)8(72-24)4-68-88(35,36)37/h5-25H,1-4H2,(H,26,27,28)(H,29,30,31)(H,32,33,34)(H,35,36,37)(H,38,39,40)(H,41,42,43)(H,44,45,46)(H,47,48,49)(H,50,51,52)(H,53,54,55)(H,56,57,58)(H,59,60,61)(H,62,63,64)/t5-,6-,7-,8-,9-,10-,11-,12-,13+,14+,15+,16+,17-,18-,19-,20-,21-,22-,23-,24-/m1/s1. The van der Waals surface area contributed by atoms with Gasteiger partial charge in [-0.05, 0) is 0 Å². The van der Waals surface area contributed by atoms with Crippen LogP contribution in [0.5, 0.6) is 0 Å². The highest BCUT2D eigenvalue weighted by Gasteiger charge is 2.63. The van der Waals surface area contributed by atoms with Gasteiger partial charge in [-0.1, -0.05) is 0 Å². The van der Waals surface area contributed by atoms with Crippen LogP contribution in [0, 0.1) is 0 Å². The Morgan fingerprint density at radius 3 is 0.588 bits per heavy atom. The van der Waals surface area contributed by atoms with Crippen LogP contribution in [-0.4, -0.2) is 323 Å². The second kappa shape index (κ2) is 31.8. The Balaban J connectivity index is 2.28. The zero-order valence-corrected chi connectivity index (χ0v) is 55.3. The SMILES string of the molecule is O=S(=O)(O)OC[C@H]1O[C@@H](O)[C@H](OS(=O)(=O)O)[C@@H](O[C@H]2O[C@H](COS(=O)(=O)O)[C@@H](OS(=O)(=O)O)[C@H](O[C@H]3O[C@H](COS(=O)(=O)O)[C@@H](OS(=O)(=O)O)[C@H](O[C@H]4O[C@H](COS(=O)(=O)O)[C@@H](OS(=O)(=O)O)[C@H](OS(=O)(=O)O)[C@H]4OS(=O)(=O)O)[C@H]3OS(=O)(=O)O)[C@H]2OS(=O)(=O)O)[C@@H]1OS(=O)(=O)O. The maximum absolute atomic E-state index is 12.9. The van der Waals surface area contributed by atoms with Gasteiger partial charge in [0.15, 0.2) is 49.6 Å². The van der Waals surface area contributed by atoms with E-state index in [2.05, 4.69) is 54.4 Å². The van der Waals surface area contributed by atoms with Crippen molar-refractivity contribution in [3.63, 3.8) is 0 Å². The summed E-state index contributed by atoms with van der Waals surface area (Å²) in [5, 5.41) is 10.9. The van der Waals surface area contributed by atoms with Crippen molar-refractivity contribution in [2.75, 3.05) is 26.4 Å². The number of hydrogen-bond acceptors (Lipinski definition) is 47. The summed E-state index contributed by atoms with van der Waals surface area (Å²) in [6.45, 7) is -9.05. The first-order chi connectivity index (χ1) is 43.0. The van der Waals surface area contributed by atoms with Crippen molar-refractivity contribution >= 4 is 135 Å². The number of rotatable bonds is 36. The number of ether oxygens (including phenoxy) is 7. The lowest BCUT2D eigenvalue weighted by Crippen LogP contribution is -2.70. The monoisotopic (exact) mass is 1710 g/mol. The summed E-state index contributed by atoms with van der Waals surface area (Å²) in [6, 6.07) is 0. The third-order valence-electron chi connectivity index (χ3n) is 10.9. The Morgan fingerprint density at radius 2 is 0.371 bits per heavy atom. The van der Waals surface area contributed by atoms with Crippen molar-refractivity contribution in [3.8, 4) is 0 Å². The minimum absolute atomic E-state index is 2.03. The van der Waals surface area contributed by atoms with Gasteiger partial charge in [-0.2, -0.15) is 109 Å². The van der Waals surface area contributed by atoms with Crippen molar-refractivity contribution in [1.29, 1.82) is 0 Å². The van der Waals surface area contributed by atoms with E-state index in [-0.39, 0.29) is 0 Å². The van der Waals surface area contributed by atoms with Crippen LogP contribution in [0.2, 0.25) is 0 Å². The van der Waals surface area contributed by atoms with Crippen molar-refractivity contribution in [1.82, 2.24) is 0 Å². The second-order valence-corrected chi connectivity index (χ2v) is 31.5. The highest BCUT2D eigenvalue weighted by molar-refractivity contribution is 7.83. The summed E-state index contributed by atoms with van der Waals surface area (Å²) in [4.78, 5) is 0. The van der Waals surface area contributed by atoms with Crippen LogP contribution < -0.4 is 0 Å². The van der Waals surface area contributed by atoms with E-state index in [0.717, 1.165) is 0 Å². The summed E-state index contributed by atoms with van der Waals surface area (Å²) in [6.07, 6.45) is -73.2. The molecule has 0 radical (unpaired) electrons. The van der Waals surface area contributed by atoms with Gasteiger partial charge in [0, 0.05) is 0 Å². The predicted molar refractivity (Wildman–Crippen MR) is 269 cm³/mol. The molecule has 4 heterocycles. The molecule has 97 heavy (non-hydrogen) atoms. The molecule has 0 spiro atoms. The predicted octanol–water partition coefficient (Wildman–Crippen LogP) is -12.0. The fraction of sp³-hybridized carbons (Fsp3) is 1.00. The molecule has 4 fully saturated rings. The van der Waals surface area contributed by atoms with Gasteiger partial charge in [0.25, 0.3) is 0 Å². The zero-order chi connectivity index (χ0) is 75.0. The maximum atomic E-state index is 12.9. The lowest BCUT2D eigenvalue weighted by molar-refractivity contribution is -0.379. The molecule has 0 amide bonds. The molecule has 4 aliphatic heterocycles. The fourth-order valence-corrected chi connectivity index (χ4v) is 13.9. The van der Waals surface area contributed by atoms with Gasteiger partial charge in [-0.15, -0.1) is 0 Å². The van der Waals surface area contributed by atoms with E-state index in [1.807, 2.05) is 0 Å². The molecule has 0 unspecified atom stereocenters. The van der Waals surface area contributed by atoms with E-state index in [1.165, 1.54) is 0 Å². The quantitative estimate of drug-likeness (QED) is 0.0259. The molecule has 0 aromatic heterocycles. The average Bonchev–Trinajstić information content (AvgIpc) is 0.757. The molecule has 60 nitrogen and oxygen atoms in total. The lowest BCUT2D eigenvalue weighted by Gasteiger charge is -2.50. The lowest BCUT2D eigenvalue weighted by atomic mass is 9.95. The van der Waals surface area contributed by atoms with Crippen LogP contribution in [0.3, 0.4) is 0 Å². The van der Waals surface area contributed by atoms with Crippen LogP contribution in [0.15, 0.2) is 0 Å². The molecule has 14 N–H and O–H groups in total. The second-order valence-electron chi connectivity index (χ2n) is 17.7. The van der Waals surface area contributed by atoms with Crippen molar-refractivity contribution in [2.45, 2.75) is 123 Å². The third kappa shape index (κ3) is 31.5. The molecule has 20 atom stereocenters. The highest BCUT2D eigenvalue weighted by Crippen LogP contribution is 2.42. The summed E-state index contributed by atoms with van der Waals surface area (Å²) in [5.74, 6) is 0. The zero-order valence-electron chi connectivity index (χ0n) is 44.7. The van der Waals surface area contributed by atoms with Gasteiger partial charge in [0.2, 0.25) is 0 Å². The molecular formula is C24H42O60S13. The van der Waals surface area contributed by atoms with Crippen molar-refractivity contribution in [3.05, 3.63) is 0 Å². The summed E-state index contributed by atoms with van der Waals surface area (Å²) < 4.78 is 536. The Bertz CT molecular complexity index is 4320. The first kappa shape index (κ1) is 87.4. The fourth-order valence-electron chi connectivity index (χ4n) is 8.19. The van der Waals surface area contributed by atoms with E-state index in [1.54, 1.807) is 0 Å². The van der Waals surface area contributed by atoms with Gasteiger partial charge in [-0.3, -0.25) is 59.2 Å². The van der Waals surface area contributed by atoms with Crippen LogP contribution in [0.1, 0.15) is 0 Å². The summed E-state index contributed by atoms with van der Waals surface area (Å²) >= 11 is 0. The first-order valence-corrected chi connectivity index (χ1v) is 40.4. The largest absolute Gasteiger partial charge is 0.397 e. The van der Waals surface area contributed by atoms with E-state index in [0.29, 0.717) is 0 Å². The van der Waals surface area contributed by atoms with Crippen LogP contribution in [-0.2, 0) is 223 Å². The number of aliphatic hydroxyl groups excluding tert-OH is 1. The molecule has 73 heteroatoms. The first-order valence-electron chi connectivity index (χ1n) is 22.7. The molecule has 0 aromatic carbocycles. The van der Waals surface area contributed by atoms with Crippen LogP contribution in [0.4, 0.5) is 0 Å². The van der Waals surface area contributed by atoms with Gasteiger partial charge < -0.3 is 38.3 Å². The number of hydrogen-bond donors (Lipinski definition) is 14. The average molecular weight is 1710 g/mol. The Labute approximate surface area is 542 Å². The van der Waals surface area contributed by atoms with E-state index >= 15 is 0 Å². The molecule has 4 aliphatic rings. The smallest absolute Gasteiger partial charge is 0.366 e. The molecule has 576 valence electrons. The normalized spacial score (nSPS) is 33.1. The van der Waals surface area contributed by atoms with Gasteiger partial charge in [0.05, 0.1) is 26.4 Å². The van der Waals surface area contributed by atoms with Crippen molar-refractivity contribution < 1.29 is 261 Å². The maximum Gasteiger partial charge on any atom is 0.397 e. The Morgan fingerprint density at radius 1 is 0.206 bits per heavy atom. The van der Waals surface area contributed by atoms with Crippen molar-refractivity contribution in [2.24, 2.45) is 0 Å². The molecule has 4 saturated heterocycles. The summed E-state index contributed by atoms with van der Waals surface area (Å²) in [7, 11) is -83.6. The third-order valence-corrected chi connectivity index (χ3v) is 16.8. The molecule has 0 aromatic rings. The number of aliphatic hydroxyl groups is 1. The van der Waals surface area contributed by atoms with Crippen LogP contribution in [0.25, 0.3) is 0 Å². The molecule has 4 rings (SSSR count). The molecule has 0 saturated carbocycles. The molecular weight excluding hydrogens is 1670 g/mol. The minimum Gasteiger partial charge on any atom is -0.366 e.